The maximum absolute atomic E-state index is 12.1. The van der Waals surface area contributed by atoms with Crippen molar-refractivity contribution in [3.05, 3.63) is 54.5 Å². The van der Waals surface area contributed by atoms with E-state index in [1.807, 2.05) is 35.8 Å². The number of hydrogen-bond donors (Lipinski definition) is 2. The number of hydrogen-bond acceptors (Lipinski definition) is 4. The minimum absolute atomic E-state index is 0.131. The summed E-state index contributed by atoms with van der Waals surface area (Å²) in [7, 11) is 0. The molecule has 1 amide bonds. The summed E-state index contributed by atoms with van der Waals surface area (Å²) in [6, 6.07) is 11.4. The van der Waals surface area contributed by atoms with Gasteiger partial charge in [-0.1, -0.05) is 19.1 Å². The number of nitrogens with one attached hydrogen (secondary N) is 1. The largest absolute Gasteiger partial charge is 0.396 e. The van der Waals surface area contributed by atoms with E-state index >= 15 is 0 Å². The number of aromatic nitrogens is 3. The minimum atomic E-state index is -0.158. The standard InChI is InChI=1S/C18H20N4O2/c1-13(8-9-23)10-20-18(24)14-6-7-17(19-11-14)22-12-21-15-4-2-3-5-16(15)22/h2-7,11-13,23H,8-10H2,1H3,(H,20,24). The molecule has 0 aliphatic rings. The molecule has 0 saturated heterocycles. The number of carbonyl (C=O) groups is 1. The molecule has 3 aromatic rings. The number of para-hydroxylation sites is 2. The molecule has 0 aliphatic heterocycles. The van der Waals surface area contributed by atoms with Gasteiger partial charge in [-0.15, -0.1) is 0 Å². The molecule has 1 atom stereocenters. The molecular weight excluding hydrogens is 304 g/mol. The average molecular weight is 324 g/mol. The number of benzene rings is 1. The van der Waals surface area contributed by atoms with E-state index in [1.165, 1.54) is 0 Å². The highest BCUT2D eigenvalue weighted by Crippen LogP contribution is 2.16. The van der Waals surface area contributed by atoms with E-state index in [0.29, 0.717) is 24.3 Å². The fourth-order valence-electron chi connectivity index (χ4n) is 2.50. The molecule has 1 aromatic carbocycles. The Morgan fingerprint density at radius 1 is 1.25 bits per heavy atom. The lowest BCUT2D eigenvalue weighted by molar-refractivity contribution is 0.0945. The minimum Gasteiger partial charge on any atom is -0.396 e. The summed E-state index contributed by atoms with van der Waals surface area (Å²) in [6.45, 7) is 2.65. The molecule has 2 heterocycles. The number of aliphatic hydroxyl groups excluding tert-OH is 1. The van der Waals surface area contributed by atoms with Crippen LogP contribution in [-0.4, -0.2) is 38.7 Å². The van der Waals surface area contributed by atoms with Crippen LogP contribution in [0.25, 0.3) is 16.9 Å². The molecule has 6 nitrogen and oxygen atoms in total. The molecule has 0 saturated carbocycles. The molecule has 2 aromatic heterocycles. The number of fused-ring (bicyclic) bond motifs is 1. The van der Waals surface area contributed by atoms with Gasteiger partial charge in [0.1, 0.15) is 12.1 Å². The number of aliphatic hydroxyl groups is 1. The summed E-state index contributed by atoms with van der Waals surface area (Å²) < 4.78 is 1.89. The van der Waals surface area contributed by atoms with Crippen LogP contribution in [0.2, 0.25) is 0 Å². The van der Waals surface area contributed by atoms with Crippen molar-refractivity contribution in [2.24, 2.45) is 5.92 Å². The third-order valence-electron chi connectivity index (χ3n) is 3.94. The first-order chi connectivity index (χ1) is 11.7. The van der Waals surface area contributed by atoms with E-state index in [4.69, 9.17) is 5.11 Å². The summed E-state index contributed by atoms with van der Waals surface area (Å²) >= 11 is 0. The normalized spacial score (nSPS) is 12.2. The van der Waals surface area contributed by atoms with E-state index in [9.17, 15) is 4.79 Å². The van der Waals surface area contributed by atoms with Gasteiger partial charge in [0.25, 0.3) is 5.91 Å². The van der Waals surface area contributed by atoms with Gasteiger partial charge >= 0.3 is 0 Å². The summed E-state index contributed by atoms with van der Waals surface area (Å²) in [5.74, 6) is 0.798. The van der Waals surface area contributed by atoms with E-state index < -0.39 is 0 Å². The van der Waals surface area contributed by atoms with Crippen LogP contribution < -0.4 is 5.32 Å². The quantitative estimate of drug-likeness (QED) is 0.728. The smallest absolute Gasteiger partial charge is 0.252 e. The summed E-state index contributed by atoms with van der Waals surface area (Å²) in [4.78, 5) is 20.9. The topological polar surface area (TPSA) is 80.0 Å². The van der Waals surface area contributed by atoms with Gasteiger partial charge in [0.15, 0.2) is 0 Å². The van der Waals surface area contributed by atoms with Crippen molar-refractivity contribution in [2.75, 3.05) is 13.2 Å². The molecule has 6 heteroatoms. The molecule has 0 spiro atoms. The van der Waals surface area contributed by atoms with Gasteiger partial charge in [0.05, 0.1) is 16.6 Å². The fraction of sp³-hybridized carbons (Fsp3) is 0.278. The zero-order valence-electron chi connectivity index (χ0n) is 13.5. The SMILES string of the molecule is CC(CCO)CNC(=O)c1ccc(-n2cnc3ccccc32)nc1. The van der Waals surface area contributed by atoms with Crippen LogP contribution >= 0.6 is 0 Å². The van der Waals surface area contributed by atoms with Crippen LogP contribution in [-0.2, 0) is 0 Å². The lowest BCUT2D eigenvalue weighted by atomic mass is 10.1. The van der Waals surface area contributed by atoms with Gasteiger partial charge in [0, 0.05) is 19.3 Å². The Kier molecular flexibility index (Phi) is 4.86. The maximum atomic E-state index is 12.1. The van der Waals surface area contributed by atoms with Crippen molar-refractivity contribution in [1.29, 1.82) is 0 Å². The van der Waals surface area contributed by atoms with Crippen molar-refractivity contribution in [3.8, 4) is 5.82 Å². The number of amides is 1. The Morgan fingerprint density at radius 3 is 2.83 bits per heavy atom. The fourth-order valence-corrected chi connectivity index (χ4v) is 2.50. The predicted octanol–water partition coefficient (Wildman–Crippen LogP) is 2.17. The van der Waals surface area contributed by atoms with Crippen molar-refractivity contribution in [3.63, 3.8) is 0 Å². The predicted molar refractivity (Wildman–Crippen MR) is 92.1 cm³/mol. The van der Waals surface area contributed by atoms with Crippen molar-refractivity contribution < 1.29 is 9.90 Å². The number of carbonyl (C=O) groups excluding carboxylic acids is 1. The lowest BCUT2D eigenvalue weighted by Crippen LogP contribution is -2.28. The molecule has 0 bridgehead atoms. The lowest BCUT2D eigenvalue weighted by Gasteiger charge is -2.11. The number of rotatable bonds is 6. The molecule has 0 radical (unpaired) electrons. The van der Waals surface area contributed by atoms with Gasteiger partial charge < -0.3 is 10.4 Å². The first kappa shape index (κ1) is 16.1. The molecule has 0 fully saturated rings. The van der Waals surface area contributed by atoms with E-state index in [2.05, 4.69) is 15.3 Å². The van der Waals surface area contributed by atoms with Crippen LogP contribution in [0.1, 0.15) is 23.7 Å². The molecule has 124 valence electrons. The van der Waals surface area contributed by atoms with Crippen molar-refractivity contribution >= 4 is 16.9 Å². The highest BCUT2D eigenvalue weighted by atomic mass is 16.3. The third-order valence-corrected chi connectivity index (χ3v) is 3.94. The van der Waals surface area contributed by atoms with Gasteiger partial charge in [-0.05, 0) is 36.6 Å². The van der Waals surface area contributed by atoms with Crippen LogP contribution in [0.3, 0.4) is 0 Å². The number of nitrogens with zero attached hydrogens (tertiary/aromatic N) is 3. The zero-order valence-corrected chi connectivity index (χ0v) is 13.5. The second-order valence-corrected chi connectivity index (χ2v) is 5.84. The number of pyridine rings is 1. The Morgan fingerprint density at radius 2 is 2.08 bits per heavy atom. The molecule has 0 aliphatic carbocycles. The van der Waals surface area contributed by atoms with Crippen LogP contribution in [0.4, 0.5) is 0 Å². The first-order valence-corrected chi connectivity index (χ1v) is 7.96. The molecule has 1 unspecified atom stereocenters. The highest BCUT2D eigenvalue weighted by Gasteiger charge is 2.10. The summed E-state index contributed by atoms with van der Waals surface area (Å²) in [5.41, 5.74) is 2.39. The Bertz CT molecular complexity index is 826. The van der Waals surface area contributed by atoms with Gasteiger partial charge in [0.2, 0.25) is 0 Å². The van der Waals surface area contributed by atoms with Crippen LogP contribution in [0.15, 0.2) is 48.9 Å². The highest BCUT2D eigenvalue weighted by molar-refractivity contribution is 5.94. The Hall–Kier alpha value is -2.73. The van der Waals surface area contributed by atoms with Gasteiger partial charge in [-0.25, -0.2) is 9.97 Å². The molecule has 24 heavy (non-hydrogen) atoms. The number of imidazole rings is 1. The third kappa shape index (κ3) is 3.44. The molecular formula is C18H20N4O2. The summed E-state index contributed by atoms with van der Waals surface area (Å²) in [6.07, 6.45) is 3.96. The van der Waals surface area contributed by atoms with E-state index in [-0.39, 0.29) is 18.4 Å². The monoisotopic (exact) mass is 324 g/mol. The zero-order chi connectivity index (χ0) is 16.9. The first-order valence-electron chi connectivity index (χ1n) is 7.96. The summed E-state index contributed by atoms with van der Waals surface area (Å²) in [5, 5.41) is 11.7. The maximum Gasteiger partial charge on any atom is 0.252 e. The van der Waals surface area contributed by atoms with Crippen molar-refractivity contribution in [2.45, 2.75) is 13.3 Å². The van der Waals surface area contributed by atoms with Crippen LogP contribution in [0.5, 0.6) is 0 Å². The van der Waals surface area contributed by atoms with E-state index in [1.54, 1.807) is 24.7 Å². The molecule has 3 rings (SSSR count). The molecule has 2 N–H and O–H groups in total. The van der Waals surface area contributed by atoms with Crippen molar-refractivity contribution in [1.82, 2.24) is 19.9 Å². The Balaban J connectivity index is 1.72. The van der Waals surface area contributed by atoms with E-state index in [0.717, 1.165) is 11.0 Å². The van der Waals surface area contributed by atoms with Gasteiger partial charge in [-0.2, -0.15) is 0 Å². The second kappa shape index (κ2) is 7.23. The average Bonchev–Trinajstić information content (AvgIpc) is 3.04. The van der Waals surface area contributed by atoms with Crippen LogP contribution in [0, 0.1) is 5.92 Å². The van der Waals surface area contributed by atoms with Gasteiger partial charge in [-0.3, -0.25) is 9.36 Å². The second-order valence-electron chi connectivity index (χ2n) is 5.84. The Labute approximate surface area is 140 Å².